The minimum atomic E-state index is -0.341. The summed E-state index contributed by atoms with van der Waals surface area (Å²) in [6.07, 6.45) is 0. The number of hydrogen-bond donors (Lipinski definition) is 2. The molecule has 1 amide bonds. The van der Waals surface area contributed by atoms with Crippen molar-refractivity contribution in [1.82, 2.24) is 0 Å². The van der Waals surface area contributed by atoms with Crippen molar-refractivity contribution >= 4 is 17.3 Å². The molecule has 2 rings (SSSR count). The van der Waals surface area contributed by atoms with Gasteiger partial charge in [-0.05, 0) is 55.3 Å². The van der Waals surface area contributed by atoms with Gasteiger partial charge in [-0.1, -0.05) is 6.07 Å². The van der Waals surface area contributed by atoms with E-state index in [9.17, 15) is 9.18 Å². The van der Waals surface area contributed by atoms with Crippen molar-refractivity contribution in [1.29, 1.82) is 0 Å². The van der Waals surface area contributed by atoms with Crippen LogP contribution in [-0.4, -0.2) is 5.91 Å². The van der Waals surface area contributed by atoms with Crippen LogP contribution in [0.3, 0.4) is 0 Å². The standard InChI is InChI=1S/C15H15FN2O/c1-9-3-5-12(8-14(9)16)18-15(19)13-6-4-11(17)7-10(13)2/h3-8H,17H2,1-2H3,(H,18,19). The highest BCUT2D eigenvalue weighted by Crippen LogP contribution is 2.17. The van der Waals surface area contributed by atoms with Crippen molar-refractivity contribution in [2.75, 3.05) is 11.1 Å². The van der Waals surface area contributed by atoms with Gasteiger partial charge < -0.3 is 11.1 Å². The molecule has 0 fully saturated rings. The molecule has 98 valence electrons. The topological polar surface area (TPSA) is 55.1 Å². The fourth-order valence-electron chi connectivity index (χ4n) is 1.81. The van der Waals surface area contributed by atoms with Crippen molar-refractivity contribution in [3.8, 4) is 0 Å². The average molecular weight is 258 g/mol. The third-order valence-corrected chi connectivity index (χ3v) is 2.92. The summed E-state index contributed by atoms with van der Waals surface area (Å²) < 4.78 is 13.4. The lowest BCUT2D eigenvalue weighted by atomic mass is 10.1. The van der Waals surface area contributed by atoms with E-state index in [1.807, 2.05) is 0 Å². The molecule has 0 aromatic heterocycles. The second-order valence-corrected chi connectivity index (χ2v) is 4.49. The lowest BCUT2D eigenvalue weighted by molar-refractivity contribution is 0.102. The summed E-state index contributed by atoms with van der Waals surface area (Å²) in [5.74, 6) is -0.618. The fraction of sp³-hybridized carbons (Fsp3) is 0.133. The number of nitrogen functional groups attached to an aromatic ring is 1. The number of carbonyl (C=O) groups is 1. The van der Waals surface area contributed by atoms with E-state index in [1.165, 1.54) is 6.07 Å². The van der Waals surface area contributed by atoms with Gasteiger partial charge in [-0.25, -0.2) is 4.39 Å². The molecule has 0 aliphatic heterocycles. The molecule has 0 aliphatic carbocycles. The van der Waals surface area contributed by atoms with Gasteiger partial charge in [0.1, 0.15) is 5.82 Å². The molecule has 0 bridgehead atoms. The second-order valence-electron chi connectivity index (χ2n) is 4.49. The van der Waals surface area contributed by atoms with Gasteiger partial charge in [0, 0.05) is 16.9 Å². The number of rotatable bonds is 2. The first kappa shape index (κ1) is 13.1. The maximum absolute atomic E-state index is 13.4. The number of carbonyl (C=O) groups excluding carboxylic acids is 1. The second kappa shape index (κ2) is 5.10. The first-order valence-corrected chi connectivity index (χ1v) is 5.91. The van der Waals surface area contributed by atoms with E-state index < -0.39 is 0 Å². The minimum absolute atomic E-state index is 0.277. The summed E-state index contributed by atoms with van der Waals surface area (Å²) in [6, 6.07) is 9.65. The van der Waals surface area contributed by atoms with Crippen LogP contribution in [0.5, 0.6) is 0 Å². The van der Waals surface area contributed by atoms with E-state index in [2.05, 4.69) is 5.32 Å². The van der Waals surface area contributed by atoms with Crippen LogP contribution in [0.2, 0.25) is 0 Å². The zero-order valence-corrected chi connectivity index (χ0v) is 10.8. The van der Waals surface area contributed by atoms with Gasteiger partial charge in [0.15, 0.2) is 0 Å². The highest BCUT2D eigenvalue weighted by molar-refractivity contribution is 6.05. The van der Waals surface area contributed by atoms with Gasteiger partial charge in [-0.2, -0.15) is 0 Å². The minimum Gasteiger partial charge on any atom is -0.399 e. The van der Waals surface area contributed by atoms with Gasteiger partial charge in [-0.3, -0.25) is 4.79 Å². The molecule has 0 saturated heterocycles. The molecule has 0 saturated carbocycles. The predicted molar refractivity (Wildman–Crippen MR) is 74.7 cm³/mol. The molecule has 0 aliphatic rings. The van der Waals surface area contributed by atoms with Gasteiger partial charge in [0.05, 0.1) is 0 Å². The number of anilines is 2. The summed E-state index contributed by atoms with van der Waals surface area (Å²) in [6.45, 7) is 3.48. The fourth-order valence-corrected chi connectivity index (χ4v) is 1.81. The molecule has 19 heavy (non-hydrogen) atoms. The lowest BCUT2D eigenvalue weighted by Gasteiger charge is -2.09. The van der Waals surface area contributed by atoms with E-state index in [0.29, 0.717) is 22.5 Å². The monoisotopic (exact) mass is 258 g/mol. The number of hydrogen-bond acceptors (Lipinski definition) is 2. The number of nitrogens with one attached hydrogen (secondary N) is 1. The molecule has 2 aromatic rings. The molecule has 0 spiro atoms. The van der Waals surface area contributed by atoms with Crippen molar-refractivity contribution < 1.29 is 9.18 Å². The van der Waals surface area contributed by atoms with E-state index >= 15 is 0 Å². The van der Waals surface area contributed by atoms with Crippen molar-refractivity contribution in [2.24, 2.45) is 0 Å². The van der Waals surface area contributed by atoms with Crippen LogP contribution in [0.1, 0.15) is 21.5 Å². The maximum atomic E-state index is 13.4. The number of amides is 1. The quantitative estimate of drug-likeness (QED) is 0.812. The third kappa shape index (κ3) is 2.91. The molecule has 0 atom stereocenters. The van der Waals surface area contributed by atoms with Crippen LogP contribution in [0.15, 0.2) is 36.4 Å². The highest BCUT2D eigenvalue weighted by atomic mass is 19.1. The molecule has 0 heterocycles. The first-order valence-electron chi connectivity index (χ1n) is 5.91. The van der Waals surface area contributed by atoms with Gasteiger partial charge in [-0.15, -0.1) is 0 Å². The van der Waals surface area contributed by atoms with E-state index in [-0.39, 0.29) is 11.7 Å². The Morgan fingerprint density at radius 3 is 2.47 bits per heavy atom. The van der Waals surface area contributed by atoms with E-state index in [4.69, 9.17) is 5.73 Å². The van der Waals surface area contributed by atoms with E-state index in [1.54, 1.807) is 44.2 Å². The highest BCUT2D eigenvalue weighted by Gasteiger charge is 2.10. The lowest BCUT2D eigenvalue weighted by Crippen LogP contribution is -2.13. The number of nitrogens with two attached hydrogens (primary N) is 1. The van der Waals surface area contributed by atoms with Gasteiger partial charge >= 0.3 is 0 Å². The first-order chi connectivity index (χ1) is 8.97. The van der Waals surface area contributed by atoms with Gasteiger partial charge in [0.25, 0.3) is 5.91 Å². The van der Waals surface area contributed by atoms with Crippen LogP contribution < -0.4 is 11.1 Å². The smallest absolute Gasteiger partial charge is 0.255 e. The zero-order chi connectivity index (χ0) is 14.0. The molecular formula is C15H15FN2O. The summed E-state index contributed by atoms with van der Waals surface area (Å²) in [7, 11) is 0. The summed E-state index contributed by atoms with van der Waals surface area (Å²) >= 11 is 0. The van der Waals surface area contributed by atoms with Crippen LogP contribution >= 0.6 is 0 Å². The van der Waals surface area contributed by atoms with Crippen molar-refractivity contribution in [2.45, 2.75) is 13.8 Å². The normalized spacial score (nSPS) is 10.3. The molecule has 3 nitrogen and oxygen atoms in total. The van der Waals surface area contributed by atoms with Crippen LogP contribution in [0.25, 0.3) is 0 Å². The molecular weight excluding hydrogens is 243 g/mol. The average Bonchev–Trinajstić information content (AvgIpc) is 2.33. The molecule has 3 N–H and O–H groups in total. The Balaban J connectivity index is 2.23. The Morgan fingerprint density at radius 2 is 1.84 bits per heavy atom. The van der Waals surface area contributed by atoms with E-state index in [0.717, 1.165) is 5.56 Å². The van der Waals surface area contributed by atoms with Crippen molar-refractivity contribution in [3.63, 3.8) is 0 Å². The summed E-state index contributed by atoms with van der Waals surface area (Å²) in [4.78, 5) is 12.1. The zero-order valence-electron chi connectivity index (χ0n) is 10.8. The molecule has 2 aromatic carbocycles. The van der Waals surface area contributed by atoms with Crippen LogP contribution in [0, 0.1) is 19.7 Å². The van der Waals surface area contributed by atoms with Crippen LogP contribution in [0.4, 0.5) is 15.8 Å². The maximum Gasteiger partial charge on any atom is 0.255 e. The number of aryl methyl sites for hydroxylation is 2. The Labute approximate surface area is 111 Å². The Bertz CT molecular complexity index is 638. The largest absolute Gasteiger partial charge is 0.399 e. The Hall–Kier alpha value is -2.36. The number of benzene rings is 2. The predicted octanol–water partition coefficient (Wildman–Crippen LogP) is 3.28. The summed E-state index contributed by atoms with van der Waals surface area (Å²) in [5.41, 5.74) is 8.53. The molecule has 0 unspecified atom stereocenters. The molecule has 4 heteroatoms. The Morgan fingerprint density at radius 1 is 1.11 bits per heavy atom. The Kier molecular flexibility index (Phi) is 3.51. The van der Waals surface area contributed by atoms with Gasteiger partial charge in [0.2, 0.25) is 0 Å². The van der Waals surface area contributed by atoms with Crippen molar-refractivity contribution in [3.05, 3.63) is 58.9 Å². The summed E-state index contributed by atoms with van der Waals surface area (Å²) in [5, 5.41) is 2.67. The van der Waals surface area contributed by atoms with Crippen LogP contribution in [-0.2, 0) is 0 Å². The third-order valence-electron chi connectivity index (χ3n) is 2.92. The SMILES string of the molecule is Cc1ccc(NC(=O)c2ccc(N)cc2C)cc1F. The number of halogens is 1. The molecule has 0 radical (unpaired) electrons.